The molecule has 140 valence electrons. The molecule has 0 aliphatic rings. The second-order valence-corrected chi connectivity index (χ2v) is 8.72. The maximum atomic E-state index is 14.2. The largest absolute Gasteiger partial charge is 0.415 e. The van der Waals surface area contributed by atoms with Crippen molar-refractivity contribution in [3.05, 3.63) is 54.9 Å². The van der Waals surface area contributed by atoms with Crippen LogP contribution in [0.5, 0.6) is 5.06 Å². The van der Waals surface area contributed by atoms with Crippen LogP contribution >= 0.6 is 11.3 Å². The molecule has 1 amide bonds. The highest BCUT2D eigenvalue weighted by atomic mass is 32.2. The highest BCUT2D eigenvalue weighted by Crippen LogP contribution is 2.42. The van der Waals surface area contributed by atoms with Crippen LogP contribution in [-0.4, -0.2) is 43.5 Å². The van der Waals surface area contributed by atoms with Crippen LogP contribution in [0.4, 0.5) is 9.18 Å². The van der Waals surface area contributed by atoms with E-state index in [0.717, 1.165) is 11.3 Å². The van der Waals surface area contributed by atoms with Gasteiger partial charge in [-0.2, -0.15) is 4.39 Å². The zero-order valence-electron chi connectivity index (χ0n) is 14.3. The molecule has 0 spiro atoms. The van der Waals surface area contributed by atoms with E-state index in [4.69, 9.17) is 4.74 Å². The van der Waals surface area contributed by atoms with Gasteiger partial charge in [0.05, 0.1) is 4.90 Å². The third-order valence-electron chi connectivity index (χ3n) is 3.47. The number of amides is 1. The summed E-state index contributed by atoms with van der Waals surface area (Å²) in [6.45, 7) is 0. The molecule has 3 aromatic rings. The first-order valence-electron chi connectivity index (χ1n) is 7.59. The van der Waals surface area contributed by atoms with Crippen LogP contribution < -0.4 is 4.74 Å². The van der Waals surface area contributed by atoms with Crippen molar-refractivity contribution in [1.29, 1.82) is 0 Å². The van der Waals surface area contributed by atoms with Crippen LogP contribution in [0.3, 0.4) is 0 Å². The molecular formula is C17H14FN3O4S2. The molecule has 3 rings (SSSR count). The summed E-state index contributed by atoms with van der Waals surface area (Å²) in [7, 11) is -1.03. The van der Waals surface area contributed by atoms with Crippen LogP contribution in [-0.2, 0) is 9.84 Å². The Morgan fingerprint density at radius 3 is 2.56 bits per heavy atom. The minimum absolute atomic E-state index is 0.0108. The van der Waals surface area contributed by atoms with Gasteiger partial charge in [0, 0.05) is 49.9 Å². The predicted octanol–water partition coefficient (Wildman–Crippen LogP) is 3.24. The van der Waals surface area contributed by atoms with Crippen LogP contribution in [0.2, 0.25) is 0 Å². The third-order valence-corrected chi connectivity index (χ3v) is 6.75. The van der Waals surface area contributed by atoms with Crippen LogP contribution in [0.15, 0.2) is 58.0 Å². The van der Waals surface area contributed by atoms with Gasteiger partial charge in [-0.3, -0.25) is 4.98 Å². The maximum absolute atomic E-state index is 14.2. The Morgan fingerprint density at radius 1 is 1.19 bits per heavy atom. The number of rotatable bonds is 4. The highest BCUT2D eigenvalue weighted by Gasteiger charge is 2.28. The van der Waals surface area contributed by atoms with Crippen LogP contribution in [0, 0.1) is 5.95 Å². The van der Waals surface area contributed by atoms with Gasteiger partial charge in [-0.1, -0.05) is 11.3 Å². The number of pyridine rings is 2. The zero-order valence-corrected chi connectivity index (χ0v) is 15.9. The number of halogens is 1. The standard InChI is InChI=1S/C17H14FN3O4S2/c1-21(2)17(22)25-14-9-13(12-6-4-8-20-15(12)18)16(26-14)27(23,24)11-5-3-7-19-10-11/h3-10H,1-2H3. The van der Waals surface area contributed by atoms with Crippen molar-refractivity contribution in [2.24, 2.45) is 0 Å². The van der Waals surface area contributed by atoms with Crippen molar-refractivity contribution in [3.8, 4) is 16.2 Å². The van der Waals surface area contributed by atoms with Gasteiger partial charge in [-0.25, -0.2) is 18.2 Å². The summed E-state index contributed by atoms with van der Waals surface area (Å²) in [4.78, 5) is 20.3. The maximum Gasteiger partial charge on any atom is 0.415 e. The lowest BCUT2D eigenvalue weighted by atomic mass is 10.1. The normalized spacial score (nSPS) is 11.2. The molecule has 0 fully saturated rings. The fraction of sp³-hybridized carbons (Fsp3) is 0.118. The molecule has 7 nitrogen and oxygen atoms in total. The van der Waals surface area contributed by atoms with Gasteiger partial charge in [-0.15, -0.1) is 0 Å². The molecule has 0 aromatic carbocycles. The Bertz CT molecular complexity index is 1080. The fourth-order valence-corrected chi connectivity index (χ4v) is 5.02. The van der Waals surface area contributed by atoms with E-state index in [-0.39, 0.29) is 25.3 Å². The molecule has 3 heterocycles. The van der Waals surface area contributed by atoms with Crippen molar-refractivity contribution in [2.75, 3.05) is 14.1 Å². The van der Waals surface area contributed by atoms with Crippen LogP contribution in [0.1, 0.15) is 0 Å². The lowest BCUT2D eigenvalue weighted by Gasteiger charge is -2.08. The smallest absolute Gasteiger partial charge is 0.399 e. The van der Waals surface area contributed by atoms with E-state index in [1.54, 1.807) is 0 Å². The number of hydrogen-bond acceptors (Lipinski definition) is 7. The number of hydrogen-bond donors (Lipinski definition) is 0. The first kappa shape index (κ1) is 18.9. The number of nitrogens with zero attached hydrogens (tertiary/aromatic N) is 3. The monoisotopic (exact) mass is 407 g/mol. The first-order chi connectivity index (χ1) is 12.8. The first-order valence-corrected chi connectivity index (χ1v) is 9.89. The average molecular weight is 407 g/mol. The molecule has 10 heteroatoms. The molecule has 0 bridgehead atoms. The van der Waals surface area contributed by atoms with E-state index in [1.165, 1.54) is 67.9 Å². The molecule has 0 unspecified atom stereocenters. The lowest BCUT2D eigenvalue weighted by molar-refractivity contribution is 0.173. The van der Waals surface area contributed by atoms with E-state index >= 15 is 0 Å². The Hall–Kier alpha value is -2.85. The molecule has 0 radical (unpaired) electrons. The molecule has 0 aliphatic heterocycles. The Labute approximate surface area is 159 Å². The van der Waals surface area contributed by atoms with Crippen molar-refractivity contribution < 1.29 is 22.3 Å². The summed E-state index contributed by atoms with van der Waals surface area (Å²) in [6.07, 6.45) is 3.22. The third kappa shape index (κ3) is 3.81. The Morgan fingerprint density at radius 2 is 1.93 bits per heavy atom. The summed E-state index contributed by atoms with van der Waals surface area (Å²) >= 11 is 0.731. The number of carbonyl (C=O) groups excluding carboxylic acids is 1. The predicted molar refractivity (Wildman–Crippen MR) is 96.9 cm³/mol. The highest BCUT2D eigenvalue weighted by molar-refractivity contribution is 7.93. The lowest BCUT2D eigenvalue weighted by Crippen LogP contribution is -2.24. The van der Waals surface area contributed by atoms with Gasteiger partial charge in [0.25, 0.3) is 0 Å². The number of thiophene rings is 1. The topological polar surface area (TPSA) is 89.5 Å². The second kappa shape index (κ2) is 7.41. The van der Waals surface area contributed by atoms with Crippen LogP contribution in [0.25, 0.3) is 11.1 Å². The molecule has 0 saturated carbocycles. The van der Waals surface area contributed by atoms with Gasteiger partial charge in [0.15, 0.2) is 5.06 Å². The van der Waals surface area contributed by atoms with Gasteiger partial charge in [-0.05, 0) is 24.3 Å². The quantitative estimate of drug-likeness (QED) is 0.617. The van der Waals surface area contributed by atoms with E-state index < -0.39 is 21.9 Å². The number of carbonyl (C=O) groups is 1. The van der Waals surface area contributed by atoms with Crippen molar-refractivity contribution in [1.82, 2.24) is 14.9 Å². The summed E-state index contributed by atoms with van der Waals surface area (Å²) < 4.78 is 45.3. The Kier molecular flexibility index (Phi) is 5.19. The van der Waals surface area contributed by atoms with Gasteiger partial charge in [0.1, 0.15) is 4.21 Å². The second-order valence-electron chi connectivity index (χ2n) is 5.56. The summed E-state index contributed by atoms with van der Waals surface area (Å²) in [5, 5.41) is 0.0226. The molecular weight excluding hydrogens is 393 g/mol. The van der Waals surface area contributed by atoms with E-state index in [2.05, 4.69) is 9.97 Å². The minimum atomic E-state index is -4.01. The summed E-state index contributed by atoms with van der Waals surface area (Å²) in [5.41, 5.74) is 0.0550. The van der Waals surface area contributed by atoms with E-state index in [0.29, 0.717) is 0 Å². The zero-order chi connectivity index (χ0) is 19.6. The van der Waals surface area contributed by atoms with Gasteiger partial charge < -0.3 is 9.64 Å². The fourth-order valence-electron chi connectivity index (χ4n) is 2.17. The van der Waals surface area contributed by atoms with Gasteiger partial charge in [0.2, 0.25) is 15.8 Å². The van der Waals surface area contributed by atoms with Crippen molar-refractivity contribution >= 4 is 27.3 Å². The van der Waals surface area contributed by atoms with Crippen molar-refractivity contribution in [2.45, 2.75) is 9.10 Å². The number of sulfone groups is 1. The molecule has 0 saturated heterocycles. The number of ether oxygens (including phenoxy) is 1. The van der Waals surface area contributed by atoms with E-state index in [9.17, 15) is 17.6 Å². The van der Waals surface area contributed by atoms with Crippen molar-refractivity contribution in [3.63, 3.8) is 0 Å². The summed E-state index contributed by atoms with van der Waals surface area (Å²) in [6, 6.07) is 7.08. The molecule has 0 aliphatic carbocycles. The summed E-state index contributed by atoms with van der Waals surface area (Å²) in [5.74, 6) is -0.830. The molecule has 0 N–H and O–H groups in total. The SMILES string of the molecule is CN(C)C(=O)Oc1cc(-c2cccnc2F)c(S(=O)(=O)c2cccnc2)s1. The van der Waals surface area contributed by atoms with E-state index in [1.807, 2.05) is 0 Å². The molecule has 3 aromatic heterocycles. The average Bonchev–Trinajstić information content (AvgIpc) is 3.07. The molecule has 27 heavy (non-hydrogen) atoms. The minimum Gasteiger partial charge on any atom is -0.399 e. The Balaban J connectivity index is 2.18. The number of aromatic nitrogens is 2. The molecule has 0 atom stereocenters. The van der Waals surface area contributed by atoms with Gasteiger partial charge >= 0.3 is 6.09 Å².